The van der Waals surface area contributed by atoms with Crippen LogP contribution in [0.25, 0.3) is 0 Å². The van der Waals surface area contributed by atoms with Crippen molar-refractivity contribution >= 4 is 5.91 Å². The van der Waals surface area contributed by atoms with Gasteiger partial charge < -0.3 is 19.1 Å². The summed E-state index contributed by atoms with van der Waals surface area (Å²) in [7, 11) is 0. The fourth-order valence-corrected chi connectivity index (χ4v) is 4.13. The molecule has 4 rings (SSSR count). The predicted molar refractivity (Wildman–Crippen MR) is 89.0 cm³/mol. The van der Waals surface area contributed by atoms with E-state index in [4.69, 9.17) is 14.2 Å². The molecule has 3 aliphatic heterocycles. The van der Waals surface area contributed by atoms with Crippen LogP contribution in [0.15, 0.2) is 18.5 Å². The molecular weight excluding hydrogens is 322 g/mol. The molecule has 25 heavy (non-hydrogen) atoms. The van der Waals surface area contributed by atoms with E-state index in [1.165, 1.54) is 6.20 Å². The van der Waals surface area contributed by atoms with Crippen molar-refractivity contribution in [2.24, 2.45) is 17.3 Å². The highest BCUT2D eigenvalue weighted by molar-refractivity contribution is 5.94. The van der Waals surface area contributed by atoms with Gasteiger partial charge in [0.15, 0.2) is 0 Å². The Labute approximate surface area is 147 Å². The van der Waals surface area contributed by atoms with Gasteiger partial charge in [0.05, 0.1) is 37.8 Å². The Bertz CT molecular complexity index is 593. The van der Waals surface area contributed by atoms with Crippen molar-refractivity contribution in [2.75, 3.05) is 52.7 Å². The number of hydrogen-bond acceptors (Lipinski definition) is 6. The lowest BCUT2D eigenvalue weighted by atomic mass is 9.82. The first kappa shape index (κ1) is 16.9. The second-order valence-electron chi connectivity index (χ2n) is 7.46. The lowest BCUT2D eigenvalue weighted by molar-refractivity contribution is -0.0150. The van der Waals surface area contributed by atoms with E-state index in [2.05, 4.69) is 10.2 Å². The van der Waals surface area contributed by atoms with Crippen molar-refractivity contribution < 1.29 is 19.0 Å². The number of rotatable bonds is 5. The number of fused-ring (bicyclic) bond motifs is 1. The van der Waals surface area contributed by atoms with E-state index < -0.39 is 0 Å². The van der Waals surface area contributed by atoms with E-state index >= 15 is 0 Å². The van der Waals surface area contributed by atoms with Crippen LogP contribution in [0.4, 0.5) is 0 Å². The molecule has 0 spiro atoms. The van der Waals surface area contributed by atoms with Crippen LogP contribution in [0.3, 0.4) is 0 Å². The smallest absolute Gasteiger partial charge is 0.255 e. The largest absolute Gasteiger partial charge is 0.381 e. The predicted octanol–water partition coefficient (Wildman–Crippen LogP) is 1.01. The zero-order valence-electron chi connectivity index (χ0n) is 14.4. The summed E-state index contributed by atoms with van der Waals surface area (Å²) in [5, 5.41) is 7.55. The first-order valence-corrected chi connectivity index (χ1v) is 9.06. The molecule has 0 N–H and O–H groups in total. The van der Waals surface area contributed by atoms with Gasteiger partial charge in [-0.05, 0) is 24.8 Å². The third-order valence-corrected chi connectivity index (χ3v) is 5.72. The maximum atomic E-state index is 12.7. The maximum Gasteiger partial charge on any atom is 0.255 e. The van der Waals surface area contributed by atoms with Crippen molar-refractivity contribution in [3.8, 4) is 0 Å². The quantitative estimate of drug-likeness (QED) is 0.791. The number of hydrogen-bond donors (Lipinski definition) is 0. The van der Waals surface area contributed by atoms with Crippen molar-refractivity contribution in [2.45, 2.75) is 12.8 Å². The summed E-state index contributed by atoms with van der Waals surface area (Å²) >= 11 is 0. The number of aromatic nitrogens is 2. The molecular formula is C18H25N3O4. The highest BCUT2D eigenvalue weighted by Gasteiger charge is 2.52. The van der Waals surface area contributed by atoms with Gasteiger partial charge in [-0.1, -0.05) is 0 Å². The minimum absolute atomic E-state index is 0.0214. The molecule has 136 valence electrons. The van der Waals surface area contributed by atoms with Crippen molar-refractivity contribution in [3.63, 3.8) is 0 Å². The number of carbonyl (C=O) groups excluding carboxylic acids is 1. The van der Waals surface area contributed by atoms with Gasteiger partial charge >= 0.3 is 0 Å². The van der Waals surface area contributed by atoms with Crippen LogP contribution in [0.2, 0.25) is 0 Å². The number of amides is 1. The average molecular weight is 347 g/mol. The van der Waals surface area contributed by atoms with Gasteiger partial charge in [-0.3, -0.25) is 4.79 Å². The third kappa shape index (κ3) is 3.54. The second kappa shape index (κ2) is 7.35. The normalized spacial score (nSPS) is 29.8. The molecule has 1 amide bonds. The van der Waals surface area contributed by atoms with Gasteiger partial charge in [-0.15, -0.1) is 0 Å². The van der Waals surface area contributed by atoms with Crippen molar-refractivity contribution in [3.05, 3.63) is 24.0 Å². The van der Waals surface area contributed by atoms with Crippen LogP contribution < -0.4 is 0 Å². The molecule has 0 bridgehead atoms. The molecule has 2 atom stereocenters. The molecule has 3 fully saturated rings. The summed E-state index contributed by atoms with van der Waals surface area (Å²) in [6.45, 7) is 5.91. The molecule has 7 nitrogen and oxygen atoms in total. The molecule has 0 unspecified atom stereocenters. The first-order valence-electron chi connectivity index (χ1n) is 9.06. The van der Waals surface area contributed by atoms with Crippen molar-refractivity contribution in [1.82, 2.24) is 15.1 Å². The highest BCUT2D eigenvalue weighted by atomic mass is 16.5. The third-order valence-electron chi connectivity index (χ3n) is 5.72. The van der Waals surface area contributed by atoms with E-state index in [1.54, 1.807) is 12.3 Å². The Morgan fingerprint density at radius 2 is 2.20 bits per heavy atom. The van der Waals surface area contributed by atoms with Gasteiger partial charge in [0.2, 0.25) is 0 Å². The monoisotopic (exact) mass is 347 g/mol. The van der Waals surface area contributed by atoms with Gasteiger partial charge in [-0.2, -0.15) is 10.2 Å². The lowest BCUT2D eigenvalue weighted by Gasteiger charge is -2.29. The van der Waals surface area contributed by atoms with Crippen LogP contribution in [-0.2, 0) is 14.2 Å². The number of carbonyl (C=O) groups is 1. The van der Waals surface area contributed by atoms with Gasteiger partial charge in [0.1, 0.15) is 0 Å². The molecule has 1 aromatic heterocycles. The first-order chi connectivity index (χ1) is 12.3. The molecule has 0 saturated carbocycles. The highest BCUT2D eigenvalue weighted by Crippen LogP contribution is 2.42. The zero-order valence-corrected chi connectivity index (χ0v) is 14.4. The van der Waals surface area contributed by atoms with Gasteiger partial charge in [-0.25, -0.2) is 0 Å². The molecule has 0 radical (unpaired) electrons. The Morgan fingerprint density at radius 3 is 3.00 bits per heavy atom. The summed E-state index contributed by atoms with van der Waals surface area (Å²) in [4.78, 5) is 14.6. The molecule has 3 saturated heterocycles. The van der Waals surface area contributed by atoms with Gasteiger partial charge in [0.25, 0.3) is 5.91 Å². The number of nitrogens with zero attached hydrogens (tertiary/aromatic N) is 3. The molecule has 3 aliphatic rings. The zero-order chi connectivity index (χ0) is 17.1. The summed E-state index contributed by atoms with van der Waals surface area (Å²) in [5.74, 6) is 0.960. The standard InChI is InChI=1S/C18H25N3O4/c22-17(15-1-4-19-20-7-15)21-8-16-10-25-13-18(16,11-21)12-24-9-14-2-5-23-6-3-14/h1,4,7,14,16H,2-3,5-6,8-13H2/t16-,18-/m1/s1. The summed E-state index contributed by atoms with van der Waals surface area (Å²) in [6, 6.07) is 1.72. The molecule has 0 aliphatic carbocycles. The molecule has 4 heterocycles. The van der Waals surface area contributed by atoms with Crippen LogP contribution >= 0.6 is 0 Å². The average Bonchev–Trinajstić information content (AvgIpc) is 3.20. The molecule has 0 aromatic carbocycles. The van der Waals surface area contributed by atoms with E-state index in [0.29, 0.717) is 43.8 Å². The Balaban J connectivity index is 1.36. The lowest BCUT2D eigenvalue weighted by Crippen LogP contribution is -2.38. The molecule has 1 aromatic rings. The van der Waals surface area contributed by atoms with Gasteiger partial charge in [0, 0.05) is 44.2 Å². The number of ether oxygens (including phenoxy) is 3. The Kier molecular flexibility index (Phi) is 4.96. The Morgan fingerprint density at radius 1 is 1.32 bits per heavy atom. The summed E-state index contributed by atoms with van der Waals surface area (Å²) in [6.07, 6.45) is 5.24. The van der Waals surface area contributed by atoms with Crippen molar-refractivity contribution in [1.29, 1.82) is 0 Å². The van der Waals surface area contributed by atoms with E-state index in [0.717, 1.165) is 39.2 Å². The van der Waals surface area contributed by atoms with Crippen LogP contribution in [0.1, 0.15) is 23.2 Å². The van der Waals surface area contributed by atoms with E-state index in [1.807, 2.05) is 4.90 Å². The van der Waals surface area contributed by atoms with E-state index in [-0.39, 0.29) is 11.3 Å². The maximum absolute atomic E-state index is 12.7. The van der Waals surface area contributed by atoms with Crippen LogP contribution in [-0.4, -0.2) is 73.7 Å². The fourth-order valence-electron chi connectivity index (χ4n) is 4.13. The van der Waals surface area contributed by atoms with Crippen LogP contribution in [0.5, 0.6) is 0 Å². The molecule has 7 heteroatoms. The number of likely N-dealkylation sites (tertiary alicyclic amines) is 1. The summed E-state index contributed by atoms with van der Waals surface area (Å²) < 4.78 is 17.2. The summed E-state index contributed by atoms with van der Waals surface area (Å²) in [5.41, 5.74) is 0.524. The van der Waals surface area contributed by atoms with Crippen LogP contribution in [0, 0.1) is 17.3 Å². The second-order valence-corrected chi connectivity index (χ2v) is 7.46. The van der Waals surface area contributed by atoms with E-state index in [9.17, 15) is 4.79 Å². The minimum atomic E-state index is -0.0682. The Hall–Kier alpha value is -1.57. The minimum Gasteiger partial charge on any atom is -0.381 e. The topological polar surface area (TPSA) is 73.8 Å². The SMILES string of the molecule is O=C(c1ccnnc1)N1C[C@@H]2COC[C@]2(COCC2CCOCC2)C1. The fraction of sp³-hybridized carbons (Fsp3) is 0.722.